The van der Waals surface area contributed by atoms with E-state index >= 15 is 0 Å². The van der Waals surface area contributed by atoms with Gasteiger partial charge in [-0.2, -0.15) is 5.26 Å². The highest BCUT2D eigenvalue weighted by Gasteiger charge is 2.36. The molecule has 0 fully saturated rings. The number of methoxy groups -OCH3 is 1. The second-order valence-electron chi connectivity index (χ2n) is 10.5. The number of hydrogen-bond acceptors (Lipinski definition) is 9. The van der Waals surface area contributed by atoms with Crippen molar-refractivity contribution in [2.75, 3.05) is 20.3 Å². The molecule has 5 rings (SSSR count). The molecule has 0 saturated carbocycles. The van der Waals surface area contributed by atoms with E-state index in [1.165, 1.54) is 23.0 Å². The van der Waals surface area contributed by atoms with Gasteiger partial charge in [0.15, 0.2) is 16.3 Å². The lowest BCUT2D eigenvalue weighted by Crippen LogP contribution is -2.40. The van der Waals surface area contributed by atoms with Gasteiger partial charge in [-0.05, 0) is 68.3 Å². The SMILES string of the molecule is CCCC1=C(C(=O)OCC)[C@@H](c2cc(Cl)ccc2OC)n2c(s/c(=C/c3ccc(OCc4ccccc4C#N)c(OCC)c3)c2=O)=N1. The first-order chi connectivity index (χ1) is 22.8. The fourth-order valence-electron chi connectivity index (χ4n) is 5.40. The van der Waals surface area contributed by atoms with Crippen molar-refractivity contribution in [2.45, 2.75) is 46.3 Å². The zero-order valence-corrected chi connectivity index (χ0v) is 28.1. The number of esters is 1. The zero-order valence-electron chi connectivity index (χ0n) is 26.5. The molecule has 1 atom stereocenters. The van der Waals surface area contributed by atoms with Crippen LogP contribution in [0.2, 0.25) is 5.02 Å². The first kappa shape index (κ1) is 33.5. The molecule has 0 saturated heterocycles. The molecule has 47 heavy (non-hydrogen) atoms. The number of thiazole rings is 1. The molecule has 0 unspecified atom stereocenters. The molecule has 0 bridgehead atoms. The van der Waals surface area contributed by atoms with E-state index in [0.29, 0.717) is 67.0 Å². The summed E-state index contributed by atoms with van der Waals surface area (Å²) < 4.78 is 25.0. The summed E-state index contributed by atoms with van der Waals surface area (Å²) in [7, 11) is 1.53. The molecule has 0 radical (unpaired) electrons. The van der Waals surface area contributed by atoms with Crippen LogP contribution in [0.3, 0.4) is 0 Å². The molecule has 3 aromatic carbocycles. The molecule has 9 nitrogen and oxygen atoms in total. The minimum atomic E-state index is -0.867. The van der Waals surface area contributed by atoms with Gasteiger partial charge >= 0.3 is 5.97 Å². The topological polar surface area (TPSA) is 112 Å². The number of benzene rings is 3. The number of rotatable bonds is 12. The number of hydrogen-bond donors (Lipinski definition) is 0. The van der Waals surface area contributed by atoms with Crippen LogP contribution in [0.25, 0.3) is 6.08 Å². The molecule has 11 heteroatoms. The molecular formula is C36H34ClN3O6S. The number of allylic oxidation sites excluding steroid dienone is 1. The summed E-state index contributed by atoms with van der Waals surface area (Å²) in [5, 5.41) is 9.87. The Bertz CT molecular complexity index is 2060. The third-order valence-corrected chi connectivity index (χ3v) is 8.68. The van der Waals surface area contributed by atoms with Crippen molar-refractivity contribution in [3.63, 3.8) is 0 Å². The van der Waals surface area contributed by atoms with Crippen LogP contribution in [-0.2, 0) is 16.1 Å². The van der Waals surface area contributed by atoms with Gasteiger partial charge < -0.3 is 18.9 Å². The fraction of sp³-hybridized carbons (Fsp3) is 0.278. The average molecular weight is 672 g/mol. The monoisotopic (exact) mass is 671 g/mol. The maximum absolute atomic E-state index is 14.2. The Morgan fingerprint density at radius 2 is 1.83 bits per heavy atom. The number of fused-ring (bicyclic) bond motifs is 1. The Kier molecular flexibility index (Phi) is 10.8. The number of nitrogens with zero attached hydrogens (tertiary/aromatic N) is 3. The molecule has 4 aromatic rings. The maximum atomic E-state index is 14.2. The van der Waals surface area contributed by atoms with Crippen LogP contribution in [0, 0.1) is 11.3 Å². The van der Waals surface area contributed by atoms with Gasteiger partial charge in [0.2, 0.25) is 0 Å². The first-order valence-corrected chi connectivity index (χ1v) is 16.5. The van der Waals surface area contributed by atoms with E-state index in [4.69, 9.17) is 35.5 Å². The minimum absolute atomic E-state index is 0.165. The van der Waals surface area contributed by atoms with Crippen molar-refractivity contribution in [1.82, 2.24) is 4.57 Å². The van der Waals surface area contributed by atoms with E-state index in [2.05, 4.69) is 6.07 Å². The van der Waals surface area contributed by atoms with Gasteiger partial charge in [-0.1, -0.05) is 60.5 Å². The van der Waals surface area contributed by atoms with Crippen LogP contribution in [0.1, 0.15) is 61.9 Å². The van der Waals surface area contributed by atoms with E-state index in [-0.39, 0.29) is 24.3 Å². The van der Waals surface area contributed by atoms with Crippen molar-refractivity contribution < 1.29 is 23.7 Å². The second-order valence-corrected chi connectivity index (χ2v) is 11.9. The molecule has 1 aliphatic rings. The second kappa shape index (κ2) is 15.2. The van der Waals surface area contributed by atoms with Crippen LogP contribution in [-0.4, -0.2) is 30.9 Å². The number of halogens is 1. The van der Waals surface area contributed by atoms with E-state index < -0.39 is 12.0 Å². The van der Waals surface area contributed by atoms with Gasteiger partial charge in [-0.25, -0.2) is 9.79 Å². The highest BCUT2D eigenvalue weighted by Crippen LogP contribution is 2.38. The molecule has 0 amide bonds. The van der Waals surface area contributed by atoms with Gasteiger partial charge in [0.1, 0.15) is 18.4 Å². The Morgan fingerprint density at radius 3 is 2.55 bits per heavy atom. The molecular weight excluding hydrogens is 638 g/mol. The molecule has 0 N–H and O–H groups in total. The standard InChI is InChI=1S/C36H34ClN3O6S/c1-5-10-27-32(35(42)45-7-3)33(26-19-25(37)14-16-28(26)43-4)40-34(41)31(47-36(40)39-27)18-22-13-15-29(30(17-22)44-6-2)46-21-24-12-9-8-11-23(24)20-38/h8-9,11-19,33H,5-7,10,21H2,1-4H3/b31-18+/t33-/m1/s1. The van der Waals surface area contributed by atoms with E-state index in [1.54, 1.807) is 49.4 Å². The Morgan fingerprint density at radius 1 is 1.04 bits per heavy atom. The zero-order chi connectivity index (χ0) is 33.5. The number of aromatic nitrogens is 1. The maximum Gasteiger partial charge on any atom is 0.338 e. The lowest BCUT2D eigenvalue weighted by Gasteiger charge is -2.27. The number of carbonyl (C=O) groups excluding carboxylic acids is 1. The van der Waals surface area contributed by atoms with Gasteiger partial charge in [0.05, 0.1) is 47.8 Å². The molecule has 0 aliphatic carbocycles. The first-order valence-electron chi connectivity index (χ1n) is 15.3. The average Bonchev–Trinajstić information content (AvgIpc) is 3.38. The fourth-order valence-corrected chi connectivity index (χ4v) is 6.60. The molecule has 1 aliphatic heterocycles. The number of ether oxygens (including phenoxy) is 4. The highest BCUT2D eigenvalue weighted by atomic mass is 35.5. The largest absolute Gasteiger partial charge is 0.496 e. The lowest BCUT2D eigenvalue weighted by atomic mass is 9.93. The van der Waals surface area contributed by atoms with Crippen LogP contribution < -0.4 is 29.1 Å². The van der Waals surface area contributed by atoms with Crippen LogP contribution in [0.5, 0.6) is 17.2 Å². The third kappa shape index (κ3) is 7.12. The Hall–Kier alpha value is -4.85. The van der Waals surface area contributed by atoms with Gasteiger partial charge in [-0.3, -0.25) is 9.36 Å². The molecule has 242 valence electrons. The van der Waals surface area contributed by atoms with Gasteiger partial charge in [0.25, 0.3) is 5.56 Å². The van der Waals surface area contributed by atoms with Crippen molar-refractivity contribution in [3.8, 4) is 23.3 Å². The highest BCUT2D eigenvalue weighted by molar-refractivity contribution is 7.07. The summed E-state index contributed by atoms with van der Waals surface area (Å²) in [4.78, 5) is 33.0. The summed E-state index contributed by atoms with van der Waals surface area (Å²) in [6, 6.07) is 19.1. The quantitative estimate of drug-likeness (QED) is 0.168. The summed E-state index contributed by atoms with van der Waals surface area (Å²) in [6.07, 6.45) is 3.00. The predicted molar refractivity (Wildman–Crippen MR) is 181 cm³/mol. The minimum Gasteiger partial charge on any atom is -0.496 e. The van der Waals surface area contributed by atoms with Crippen LogP contribution >= 0.6 is 22.9 Å². The Labute approximate surface area is 281 Å². The summed E-state index contributed by atoms with van der Waals surface area (Å²) in [5.41, 5.74) is 3.08. The third-order valence-electron chi connectivity index (χ3n) is 7.46. The Balaban J connectivity index is 1.63. The van der Waals surface area contributed by atoms with E-state index in [9.17, 15) is 14.9 Å². The lowest BCUT2D eigenvalue weighted by molar-refractivity contribution is -0.139. The van der Waals surface area contributed by atoms with Gasteiger partial charge in [-0.15, -0.1) is 0 Å². The van der Waals surface area contributed by atoms with Crippen LogP contribution in [0.4, 0.5) is 0 Å². The van der Waals surface area contributed by atoms with Gasteiger partial charge in [0, 0.05) is 16.1 Å². The van der Waals surface area contributed by atoms with Crippen LogP contribution in [0.15, 0.2) is 81.7 Å². The van der Waals surface area contributed by atoms with Crippen molar-refractivity contribution in [3.05, 3.63) is 119 Å². The van der Waals surface area contributed by atoms with Crippen molar-refractivity contribution in [1.29, 1.82) is 5.26 Å². The molecule has 1 aromatic heterocycles. The predicted octanol–water partition coefficient (Wildman–Crippen LogP) is 6.09. The van der Waals surface area contributed by atoms with Crippen molar-refractivity contribution >= 4 is 35.0 Å². The molecule has 0 spiro atoms. The summed E-state index contributed by atoms with van der Waals surface area (Å²) in [6.45, 7) is 6.37. The van der Waals surface area contributed by atoms with E-state index in [1.807, 2.05) is 38.1 Å². The normalized spacial score (nSPS) is 14.2. The summed E-state index contributed by atoms with van der Waals surface area (Å²) >= 11 is 7.68. The van der Waals surface area contributed by atoms with Crippen molar-refractivity contribution in [2.24, 2.45) is 4.99 Å². The summed E-state index contributed by atoms with van der Waals surface area (Å²) in [5.74, 6) is 0.938. The number of carbonyl (C=O) groups is 1. The smallest absolute Gasteiger partial charge is 0.338 e. The molecule has 2 heterocycles. The number of nitriles is 1. The van der Waals surface area contributed by atoms with E-state index in [0.717, 1.165) is 12.0 Å².